The number of aromatic nitrogens is 1. The third-order valence-corrected chi connectivity index (χ3v) is 6.36. The van der Waals surface area contributed by atoms with Gasteiger partial charge in [-0.3, -0.25) is 4.79 Å². The van der Waals surface area contributed by atoms with Crippen LogP contribution in [0.3, 0.4) is 0 Å². The molecule has 0 spiro atoms. The molecule has 4 nitrogen and oxygen atoms in total. The quantitative estimate of drug-likeness (QED) is 0.627. The van der Waals surface area contributed by atoms with Crippen molar-refractivity contribution < 1.29 is 9.18 Å². The van der Waals surface area contributed by atoms with Gasteiger partial charge >= 0.3 is 0 Å². The molecule has 2 heterocycles. The van der Waals surface area contributed by atoms with Gasteiger partial charge in [0.25, 0.3) is 0 Å². The molecular weight excluding hydrogens is 373 g/mol. The van der Waals surface area contributed by atoms with E-state index >= 15 is 0 Å². The van der Waals surface area contributed by atoms with Crippen molar-refractivity contribution in [3.8, 4) is 0 Å². The van der Waals surface area contributed by atoms with Crippen LogP contribution in [-0.2, 0) is 11.2 Å². The largest absolute Gasteiger partial charge is 0.356 e. The molecule has 1 aliphatic heterocycles. The van der Waals surface area contributed by atoms with E-state index in [0.717, 1.165) is 48.6 Å². The predicted molar refractivity (Wildman–Crippen MR) is 112 cm³/mol. The number of aryl methyl sites for hydroxylation is 1. The first-order valence-corrected chi connectivity index (χ1v) is 10.6. The first-order valence-electron chi connectivity index (χ1n) is 9.82. The van der Waals surface area contributed by atoms with E-state index in [4.69, 9.17) is 0 Å². The van der Waals surface area contributed by atoms with Crippen LogP contribution in [-0.4, -0.2) is 30.5 Å². The van der Waals surface area contributed by atoms with Crippen molar-refractivity contribution in [3.05, 3.63) is 59.9 Å². The molecule has 2 aromatic carbocycles. The normalized spacial score (nSPS) is 15.1. The minimum atomic E-state index is -0.273. The number of halogens is 1. The van der Waals surface area contributed by atoms with Gasteiger partial charge in [0.05, 0.1) is 4.70 Å². The lowest BCUT2D eigenvalue weighted by Gasteiger charge is -2.31. The Hall–Kier alpha value is -2.47. The second-order valence-corrected chi connectivity index (χ2v) is 8.23. The molecule has 0 unspecified atom stereocenters. The Morgan fingerprint density at radius 2 is 1.93 bits per heavy atom. The van der Waals surface area contributed by atoms with E-state index < -0.39 is 0 Å². The zero-order valence-electron chi connectivity index (χ0n) is 15.7. The highest BCUT2D eigenvalue weighted by molar-refractivity contribution is 7.22. The lowest BCUT2D eigenvalue weighted by Crippen LogP contribution is -2.40. The third-order valence-electron chi connectivity index (χ3n) is 5.28. The summed E-state index contributed by atoms with van der Waals surface area (Å²) in [6, 6.07) is 15.4. The van der Waals surface area contributed by atoms with Crippen LogP contribution >= 0.6 is 11.3 Å². The molecular formula is C22H24FN3OS. The summed E-state index contributed by atoms with van der Waals surface area (Å²) >= 11 is 1.52. The van der Waals surface area contributed by atoms with Gasteiger partial charge in [-0.25, -0.2) is 9.37 Å². The van der Waals surface area contributed by atoms with E-state index in [1.165, 1.54) is 23.0 Å². The van der Waals surface area contributed by atoms with Crippen molar-refractivity contribution in [2.75, 3.05) is 24.5 Å². The SMILES string of the molecule is O=C(NCCCc1ccccc1)C1CCN(c2nc3c(F)cccc3s2)CC1. The summed E-state index contributed by atoms with van der Waals surface area (Å²) in [5, 5.41) is 3.94. The number of piperidine rings is 1. The summed E-state index contributed by atoms with van der Waals surface area (Å²) in [7, 11) is 0. The maximum absolute atomic E-state index is 13.9. The molecule has 28 heavy (non-hydrogen) atoms. The Labute approximate surface area is 168 Å². The zero-order valence-corrected chi connectivity index (χ0v) is 16.6. The minimum Gasteiger partial charge on any atom is -0.356 e. The number of para-hydroxylation sites is 1. The number of fused-ring (bicyclic) bond motifs is 1. The highest BCUT2D eigenvalue weighted by Crippen LogP contribution is 2.32. The molecule has 1 fully saturated rings. The van der Waals surface area contributed by atoms with Crippen LogP contribution in [0.5, 0.6) is 0 Å². The topological polar surface area (TPSA) is 45.2 Å². The zero-order chi connectivity index (χ0) is 19.3. The smallest absolute Gasteiger partial charge is 0.223 e. The second kappa shape index (κ2) is 8.69. The van der Waals surface area contributed by atoms with Gasteiger partial charge in [-0.15, -0.1) is 0 Å². The predicted octanol–water partition coefficient (Wildman–Crippen LogP) is 4.40. The molecule has 4 rings (SSSR count). The van der Waals surface area contributed by atoms with E-state index in [1.807, 2.05) is 24.3 Å². The monoisotopic (exact) mass is 397 g/mol. The lowest BCUT2D eigenvalue weighted by atomic mass is 9.96. The maximum Gasteiger partial charge on any atom is 0.223 e. The number of benzene rings is 2. The van der Waals surface area contributed by atoms with Crippen LogP contribution in [0.2, 0.25) is 0 Å². The third kappa shape index (κ3) is 4.33. The molecule has 1 N–H and O–H groups in total. The summed E-state index contributed by atoms with van der Waals surface area (Å²) in [5.74, 6) is -0.0630. The number of rotatable bonds is 6. The van der Waals surface area contributed by atoms with Gasteiger partial charge in [0, 0.05) is 25.6 Å². The Balaban J connectivity index is 1.24. The van der Waals surface area contributed by atoms with E-state index in [0.29, 0.717) is 12.1 Å². The van der Waals surface area contributed by atoms with E-state index in [9.17, 15) is 9.18 Å². The van der Waals surface area contributed by atoms with Gasteiger partial charge in [0.2, 0.25) is 5.91 Å². The molecule has 1 aliphatic rings. The summed E-state index contributed by atoms with van der Waals surface area (Å²) < 4.78 is 14.7. The van der Waals surface area contributed by atoms with Gasteiger partial charge in [-0.1, -0.05) is 47.7 Å². The number of anilines is 1. The molecule has 0 radical (unpaired) electrons. The molecule has 1 amide bonds. The number of carbonyl (C=O) groups is 1. The average molecular weight is 398 g/mol. The summed E-state index contributed by atoms with van der Waals surface area (Å²) in [4.78, 5) is 19.1. The van der Waals surface area contributed by atoms with Gasteiger partial charge in [0.1, 0.15) is 11.3 Å². The first kappa shape index (κ1) is 18.9. The summed E-state index contributed by atoms with van der Waals surface area (Å²) in [6.45, 7) is 2.28. The number of nitrogens with zero attached hydrogens (tertiary/aromatic N) is 2. The van der Waals surface area contributed by atoms with Crippen LogP contribution in [0.15, 0.2) is 48.5 Å². The van der Waals surface area contributed by atoms with Gasteiger partial charge in [0.15, 0.2) is 5.13 Å². The van der Waals surface area contributed by atoms with Crippen LogP contribution < -0.4 is 10.2 Å². The Kier molecular flexibility index (Phi) is 5.86. The fraction of sp³-hybridized carbons (Fsp3) is 0.364. The second-order valence-electron chi connectivity index (χ2n) is 7.22. The van der Waals surface area contributed by atoms with Crippen LogP contribution in [0, 0.1) is 11.7 Å². The van der Waals surface area contributed by atoms with E-state index in [-0.39, 0.29) is 17.6 Å². The summed E-state index contributed by atoms with van der Waals surface area (Å²) in [6.07, 6.45) is 3.55. The van der Waals surface area contributed by atoms with Crippen molar-refractivity contribution in [1.29, 1.82) is 0 Å². The van der Waals surface area contributed by atoms with Crippen LogP contribution in [0.25, 0.3) is 10.2 Å². The number of carbonyl (C=O) groups excluding carboxylic acids is 1. The minimum absolute atomic E-state index is 0.0547. The fourth-order valence-electron chi connectivity index (χ4n) is 3.66. The van der Waals surface area contributed by atoms with Crippen molar-refractivity contribution >= 4 is 32.6 Å². The number of thiazole rings is 1. The Bertz CT molecular complexity index is 935. The van der Waals surface area contributed by atoms with Gasteiger partial charge in [-0.2, -0.15) is 0 Å². The number of hydrogen-bond acceptors (Lipinski definition) is 4. The molecule has 3 aromatic rings. The number of hydrogen-bond donors (Lipinski definition) is 1. The van der Waals surface area contributed by atoms with Crippen LogP contribution in [0.1, 0.15) is 24.8 Å². The van der Waals surface area contributed by atoms with Gasteiger partial charge in [-0.05, 0) is 43.4 Å². The van der Waals surface area contributed by atoms with Crippen molar-refractivity contribution in [2.24, 2.45) is 5.92 Å². The molecule has 1 saturated heterocycles. The Morgan fingerprint density at radius 3 is 2.68 bits per heavy atom. The Morgan fingerprint density at radius 1 is 1.14 bits per heavy atom. The van der Waals surface area contributed by atoms with E-state index in [1.54, 1.807) is 6.07 Å². The van der Waals surface area contributed by atoms with Crippen molar-refractivity contribution in [2.45, 2.75) is 25.7 Å². The van der Waals surface area contributed by atoms with Gasteiger partial charge < -0.3 is 10.2 Å². The molecule has 146 valence electrons. The molecule has 6 heteroatoms. The molecule has 0 aliphatic carbocycles. The lowest BCUT2D eigenvalue weighted by molar-refractivity contribution is -0.125. The summed E-state index contributed by atoms with van der Waals surface area (Å²) in [5.41, 5.74) is 1.75. The van der Waals surface area contributed by atoms with E-state index in [2.05, 4.69) is 27.3 Å². The fourth-order valence-corrected chi connectivity index (χ4v) is 4.70. The molecule has 0 atom stereocenters. The first-order chi connectivity index (χ1) is 13.7. The standard InChI is InChI=1S/C22H24FN3OS/c23-18-9-4-10-19-20(18)25-22(28-19)26-14-11-17(12-15-26)21(27)24-13-5-8-16-6-2-1-3-7-16/h1-4,6-7,9-10,17H,5,8,11-15H2,(H,24,27). The highest BCUT2D eigenvalue weighted by Gasteiger charge is 2.26. The number of nitrogens with one attached hydrogen (secondary N) is 1. The van der Waals surface area contributed by atoms with Crippen molar-refractivity contribution in [3.63, 3.8) is 0 Å². The van der Waals surface area contributed by atoms with Crippen molar-refractivity contribution in [1.82, 2.24) is 10.3 Å². The number of amides is 1. The average Bonchev–Trinajstić information content (AvgIpc) is 3.18. The van der Waals surface area contributed by atoms with Crippen LogP contribution in [0.4, 0.5) is 9.52 Å². The highest BCUT2D eigenvalue weighted by atomic mass is 32.1. The molecule has 0 bridgehead atoms. The molecule has 1 aromatic heterocycles. The maximum atomic E-state index is 13.9. The molecule has 0 saturated carbocycles.